The van der Waals surface area contributed by atoms with Crippen molar-refractivity contribution in [2.75, 3.05) is 5.32 Å². The summed E-state index contributed by atoms with van der Waals surface area (Å²) in [4.78, 5) is 36.9. The second-order valence-corrected chi connectivity index (χ2v) is 7.20. The fraction of sp³-hybridized carbons (Fsp3) is 0.286. The molecule has 3 N–H and O–H groups in total. The standard InChI is InChI=1S/C21H22ClN3O3/c22-15-7-5-6-14(12-15)13-23-20(27)21(28)25-18-11-4-3-10-17(18)19(26)24-16-8-1-2-9-16/h3-7,10-12,16H,1-2,8-9,13H2,(H,23,27)(H,24,26)(H,25,28). The molecule has 1 fully saturated rings. The highest BCUT2D eigenvalue weighted by molar-refractivity contribution is 6.40. The number of hydrogen-bond donors (Lipinski definition) is 3. The Bertz CT molecular complexity index is 879. The van der Waals surface area contributed by atoms with Gasteiger partial charge in [0.25, 0.3) is 5.91 Å². The number of halogens is 1. The number of carbonyl (C=O) groups excluding carboxylic acids is 3. The van der Waals surface area contributed by atoms with Gasteiger partial charge in [-0.15, -0.1) is 0 Å². The maximum atomic E-state index is 12.5. The van der Waals surface area contributed by atoms with Crippen molar-refractivity contribution < 1.29 is 14.4 Å². The Morgan fingerprint density at radius 3 is 2.46 bits per heavy atom. The monoisotopic (exact) mass is 399 g/mol. The van der Waals surface area contributed by atoms with E-state index in [1.54, 1.807) is 48.5 Å². The fourth-order valence-corrected chi connectivity index (χ4v) is 3.42. The first-order valence-electron chi connectivity index (χ1n) is 9.26. The minimum atomic E-state index is -0.830. The molecule has 1 saturated carbocycles. The molecular weight excluding hydrogens is 378 g/mol. The molecule has 7 heteroatoms. The molecule has 28 heavy (non-hydrogen) atoms. The Labute approximate surface area is 168 Å². The van der Waals surface area contributed by atoms with Crippen LogP contribution in [0, 0.1) is 0 Å². The van der Waals surface area contributed by atoms with Gasteiger partial charge in [-0.2, -0.15) is 0 Å². The molecule has 0 heterocycles. The number of carbonyl (C=O) groups is 3. The molecule has 6 nitrogen and oxygen atoms in total. The van der Waals surface area contributed by atoms with Crippen LogP contribution in [-0.4, -0.2) is 23.8 Å². The summed E-state index contributed by atoms with van der Waals surface area (Å²) in [6, 6.07) is 13.8. The van der Waals surface area contributed by atoms with E-state index in [9.17, 15) is 14.4 Å². The highest BCUT2D eigenvalue weighted by Gasteiger charge is 2.21. The lowest BCUT2D eigenvalue weighted by Crippen LogP contribution is -2.36. The summed E-state index contributed by atoms with van der Waals surface area (Å²) in [6.45, 7) is 0.177. The number of anilines is 1. The highest BCUT2D eigenvalue weighted by atomic mass is 35.5. The second kappa shape index (κ2) is 9.37. The zero-order valence-corrected chi connectivity index (χ0v) is 16.1. The summed E-state index contributed by atoms with van der Waals surface area (Å²) in [6.07, 6.45) is 4.14. The van der Waals surface area contributed by atoms with Crippen LogP contribution < -0.4 is 16.0 Å². The van der Waals surface area contributed by atoms with Crippen LogP contribution in [-0.2, 0) is 16.1 Å². The van der Waals surface area contributed by atoms with E-state index in [-0.39, 0.29) is 18.5 Å². The number of nitrogens with one attached hydrogen (secondary N) is 3. The normalized spacial score (nSPS) is 13.8. The van der Waals surface area contributed by atoms with Crippen LogP contribution >= 0.6 is 11.6 Å². The Morgan fingerprint density at radius 1 is 0.964 bits per heavy atom. The SMILES string of the molecule is O=C(NCc1cccc(Cl)c1)C(=O)Nc1ccccc1C(=O)NC1CCCC1. The van der Waals surface area contributed by atoms with Crippen LogP contribution in [0.4, 0.5) is 5.69 Å². The van der Waals surface area contributed by atoms with Crippen LogP contribution in [0.5, 0.6) is 0 Å². The molecule has 0 bridgehead atoms. The first-order valence-corrected chi connectivity index (χ1v) is 9.64. The van der Waals surface area contributed by atoms with Crippen molar-refractivity contribution in [3.8, 4) is 0 Å². The molecule has 0 spiro atoms. The maximum absolute atomic E-state index is 12.5. The van der Waals surface area contributed by atoms with E-state index in [0.29, 0.717) is 16.3 Å². The molecule has 0 aromatic heterocycles. The van der Waals surface area contributed by atoms with Gasteiger partial charge in [0.05, 0.1) is 11.3 Å². The van der Waals surface area contributed by atoms with E-state index in [2.05, 4.69) is 16.0 Å². The third-order valence-corrected chi connectivity index (χ3v) is 4.89. The molecule has 2 aromatic rings. The third-order valence-electron chi connectivity index (χ3n) is 4.66. The van der Waals surface area contributed by atoms with Gasteiger partial charge in [-0.05, 0) is 42.7 Å². The molecule has 146 valence electrons. The lowest BCUT2D eigenvalue weighted by Gasteiger charge is -2.15. The Morgan fingerprint density at radius 2 is 1.71 bits per heavy atom. The minimum Gasteiger partial charge on any atom is -0.349 e. The molecular formula is C21H22ClN3O3. The number of hydrogen-bond acceptors (Lipinski definition) is 3. The summed E-state index contributed by atoms with van der Waals surface area (Å²) in [5.74, 6) is -1.86. The van der Waals surface area contributed by atoms with Gasteiger partial charge in [-0.25, -0.2) is 0 Å². The van der Waals surface area contributed by atoms with Crippen molar-refractivity contribution in [3.05, 3.63) is 64.7 Å². The average Bonchev–Trinajstić information content (AvgIpc) is 3.19. The summed E-state index contributed by atoms with van der Waals surface area (Å²) < 4.78 is 0. The van der Waals surface area contributed by atoms with Gasteiger partial charge in [0, 0.05) is 17.6 Å². The Balaban J connectivity index is 1.60. The van der Waals surface area contributed by atoms with Gasteiger partial charge >= 0.3 is 11.8 Å². The summed E-state index contributed by atoms with van der Waals surface area (Å²) in [7, 11) is 0. The molecule has 0 atom stereocenters. The molecule has 0 unspecified atom stereocenters. The average molecular weight is 400 g/mol. The van der Waals surface area contributed by atoms with E-state index in [1.807, 2.05) is 0 Å². The zero-order valence-electron chi connectivity index (χ0n) is 15.3. The lowest BCUT2D eigenvalue weighted by molar-refractivity contribution is -0.136. The van der Waals surface area contributed by atoms with Crippen LogP contribution in [0.2, 0.25) is 5.02 Å². The number of rotatable bonds is 5. The molecule has 2 aromatic carbocycles. The number of amides is 3. The fourth-order valence-electron chi connectivity index (χ4n) is 3.21. The van der Waals surface area contributed by atoms with Crippen LogP contribution in [0.15, 0.2) is 48.5 Å². The first kappa shape index (κ1) is 19.9. The molecule has 1 aliphatic carbocycles. The molecule has 3 rings (SSSR count). The van der Waals surface area contributed by atoms with E-state index < -0.39 is 11.8 Å². The zero-order chi connectivity index (χ0) is 19.9. The van der Waals surface area contributed by atoms with Gasteiger partial charge in [0.2, 0.25) is 0 Å². The number of benzene rings is 2. The predicted octanol–water partition coefficient (Wildman–Crippen LogP) is 3.27. The molecule has 1 aliphatic rings. The van der Waals surface area contributed by atoms with Crippen molar-refractivity contribution in [1.82, 2.24) is 10.6 Å². The van der Waals surface area contributed by atoms with Gasteiger partial charge in [-0.1, -0.05) is 48.7 Å². The summed E-state index contributed by atoms with van der Waals surface area (Å²) in [5.41, 5.74) is 1.43. The third kappa shape index (κ3) is 5.33. The van der Waals surface area contributed by atoms with Crippen molar-refractivity contribution >= 4 is 35.0 Å². The highest BCUT2D eigenvalue weighted by Crippen LogP contribution is 2.20. The van der Waals surface area contributed by atoms with E-state index >= 15 is 0 Å². The van der Waals surface area contributed by atoms with Crippen LogP contribution in [0.1, 0.15) is 41.6 Å². The Hall–Kier alpha value is -2.86. The molecule has 0 radical (unpaired) electrons. The van der Waals surface area contributed by atoms with Crippen molar-refractivity contribution in [2.24, 2.45) is 0 Å². The quantitative estimate of drug-likeness (QED) is 0.674. The number of para-hydroxylation sites is 1. The Kier molecular flexibility index (Phi) is 6.66. The summed E-state index contributed by atoms with van der Waals surface area (Å²) in [5, 5.41) is 8.61. The lowest BCUT2D eigenvalue weighted by atomic mass is 10.1. The smallest absolute Gasteiger partial charge is 0.313 e. The van der Waals surface area contributed by atoms with Crippen molar-refractivity contribution in [3.63, 3.8) is 0 Å². The van der Waals surface area contributed by atoms with E-state index in [1.165, 1.54) is 0 Å². The molecule has 3 amide bonds. The second-order valence-electron chi connectivity index (χ2n) is 6.77. The largest absolute Gasteiger partial charge is 0.349 e. The topological polar surface area (TPSA) is 87.3 Å². The van der Waals surface area contributed by atoms with Crippen molar-refractivity contribution in [1.29, 1.82) is 0 Å². The minimum absolute atomic E-state index is 0.164. The van der Waals surface area contributed by atoms with E-state index in [0.717, 1.165) is 31.2 Å². The molecule has 0 saturated heterocycles. The first-order chi connectivity index (χ1) is 13.5. The van der Waals surface area contributed by atoms with Gasteiger partial charge < -0.3 is 16.0 Å². The molecule has 0 aliphatic heterocycles. The van der Waals surface area contributed by atoms with Crippen LogP contribution in [0.25, 0.3) is 0 Å². The van der Waals surface area contributed by atoms with Crippen molar-refractivity contribution in [2.45, 2.75) is 38.3 Å². The van der Waals surface area contributed by atoms with Gasteiger partial charge in [-0.3, -0.25) is 14.4 Å². The summed E-state index contributed by atoms with van der Waals surface area (Å²) >= 11 is 5.91. The van der Waals surface area contributed by atoms with Crippen LogP contribution in [0.3, 0.4) is 0 Å². The van der Waals surface area contributed by atoms with E-state index in [4.69, 9.17) is 11.6 Å². The van der Waals surface area contributed by atoms with Gasteiger partial charge in [0.15, 0.2) is 0 Å². The predicted molar refractivity (Wildman–Crippen MR) is 108 cm³/mol. The maximum Gasteiger partial charge on any atom is 0.313 e. The van der Waals surface area contributed by atoms with Gasteiger partial charge in [0.1, 0.15) is 0 Å².